The number of ether oxygens (including phenoxy) is 2. The summed E-state index contributed by atoms with van der Waals surface area (Å²) in [5.41, 5.74) is 6.92. The van der Waals surface area contributed by atoms with Gasteiger partial charge in [0.1, 0.15) is 0 Å². The van der Waals surface area contributed by atoms with Gasteiger partial charge >= 0.3 is 6.29 Å². The van der Waals surface area contributed by atoms with E-state index in [1.54, 1.807) is 12.1 Å². The van der Waals surface area contributed by atoms with E-state index in [1.165, 1.54) is 12.5 Å². The topological polar surface area (TPSA) is 44.5 Å². The second-order valence-corrected chi connectivity index (χ2v) is 5.18. The van der Waals surface area contributed by atoms with Crippen LogP contribution in [-0.4, -0.2) is 12.8 Å². The lowest BCUT2D eigenvalue weighted by Crippen LogP contribution is -2.39. The predicted molar refractivity (Wildman–Crippen MR) is 61.7 cm³/mol. The van der Waals surface area contributed by atoms with Crippen molar-refractivity contribution in [1.29, 1.82) is 0 Å². The second-order valence-electron chi connectivity index (χ2n) is 5.18. The Morgan fingerprint density at radius 2 is 1.89 bits per heavy atom. The summed E-state index contributed by atoms with van der Waals surface area (Å²) in [6, 6.07) is 4.97. The summed E-state index contributed by atoms with van der Waals surface area (Å²) in [7, 11) is 0. The van der Waals surface area contributed by atoms with Crippen LogP contribution in [0.4, 0.5) is 8.78 Å². The largest absolute Gasteiger partial charge is 0.586 e. The summed E-state index contributed by atoms with van der Waals surface area (Å²) in [5, 5.41) is 0. The van der Waals surface area contributed by atoms with E-state index in [9.17, 15) is 8.78 Å². The van der Waals surface area contributed by atoms with Gasteiger partial charge in [-0.25, -0.2) is 0 Å². The van der Waals surface area contributed by atoms with Gasteiger partial charge in [-0.3, -0.25) is 0 Å². The van der Waals surface area contributed by atoms with Crippen LogP contribution in [0.25, 0.3) is 0 Å². The van der Waals surface area contributed by atoms with Crippen molar-refractivity contribution in [1.82, 2.24) is 0 Å². The lowest BCUT2D eigenvalue weighted by atomic mass is 9.65. The minimum absolute atomic E-state index is 0.0964. The van der Waals surface area contributed by atoms with Crippen LogP contribution in [-0.2, 0) is 6.42 Å². The van der Waals surface area contributed by atoms with E-state index in [1.807, 2.05) is 0 Å². The Morgan fingerprint density at radius 3 is 2.50 bits per heavy atom. The summed E-state index contributed by atoms with van der Waals surface area (Å²) >= 11 is 0. The molecular formula is C13H15F2NO2. The van der Waals surface area contributed by atoms with Crippen LogP contribution in [0.3, 0.4) is 0 Å². The van der Waals surface area contributed by atoms with Crippen molar-refractivity contribution in [2.45, 2.75) is 32.0 Å². The van der Waals surface area contributed by atoms with Gasteiger partial charge in [-0.1, -0.05) is 12.5 Å². The van der Waals surface area contributed by atoms with E-state index in [4.69, 9.17) is 5.73 Å². The number of hydrogen-bond donors (Lipinski definition) is 1. The molecule has 3 nitrogen and oxygen atoms in total. The molecule has 0 amide bonds. The molecule has 0 unspecified atom stereocenters. The van der Waals surface area contributed by atoms with Gasteiger partial charge in [-0.15, -0.1) is 8.78 Å². The molecule has 3 rings (SSSR count). The van der Waals surface area contributed by atoms with E-state index in [2.05, 4.69) is 9.47 Å². The fraction of sp³-hybridized carbons (Fsp3) is 0.538. The highest BCUT2D eigenvalue weighted by molar-refractivity contribution is 5.45. The van der Waals surface area contributed by atoms with E-state index in [0.29, 0.717) is 6.54 Å². The van der Waals surface area contributed by atoms with Crippen molar-refractivity contribution in [3.05, 3.63) is 23.8 Å². The van der Waals surface area contributed by atoms with Crippen LogP contribution in [0, 0.1) is 5.41 Å². The fourth-order valence-electron chi connectivity index (χ4n) is 2.67. The third-order valence-electron chi connectivity index (χ3n) is 3.89. The molecule has 2 N–H and O–H groups in total. The SMILES string of the molecule is NCC1(Cc2ccc3c(c2)OC(F)(F)O3)CCC1. The summed E-state index contributed by atoms with van der Waals surface area (Å²) in [6.07, 6.45) is 0.677. The first-order chi connectivity index (χ1) is 8.52. The van der Waals surface area contributed by atoms with E-state index < -0.39 is 6.29 Å². The lowest BCUT2D eigenvalue weighted by Gasteiger charge is -2.41. The zero-order valence-electron chi connectivity index (χ0n) is 9.92. The highest BCUT2D eigenvalue weighted by Crippen LogP contribution is 2.45. The van der Waals surface area contributed by atoms with Gasteiger partial charge in [-0.05, 0) is 48.9 Å². The molecule has 98 valence electrons. The summed E-state index contributed by atoms with van der Waals surface area (Å²) in [5.74, 6) is 0.211. The number of alkyl halides is 2. The number of fused-ring (bicyclic) bond motifs is 1. The monoisotopic (exact) mass is 255 g/mol. The van der Waals surface area contributed by atoms with Crippen LogP contribution < -0.4 is 15.2 Å². The summed E-state index contributed by atoms with van der Waals surface area (Å²) in [6.45, 7) is 0.637. The van der Waals surface area contributed by atoms with Crippen molar-refractivity contribution in [2.75, 3.05) is 6.54 Å². The lowest BCUT2D eigenvalue weighted by molar-refractivity contribution is -0.286. The minimum Gasteiger partial charge on any atom is -0.395 e. The van der Waals surface area contributed by atoms with Gasteiger partial charge in [0.05, 0.1) is 0 Å². The molecule has 2 aliphatic rings. The molecule has 1 heterocycles. The second kappa shape index (κ2) is 3.82. The van der Waals surface area contributed by atoms with Crippen LogP contribution >= 0.6 is 0 Å². The first-order valence-corrected chi connectivity index (χ1v) is 6.11. The van der Waals surface area contributed by atoms with Crippen molar-refractivity contribution in [3.8, 4) is 11.5 Å². The molecule has 0 saturated heterocycles. The number of halogens is 2. The molecule has 1 aliphatic heterocycles. The average Bonchev–Trinajstić information content (AvgIpc) is 2.56. The number of nitrogens with two attached hydrogens (primary N) is 1. The zero-order valence-corrected chi connectivity index (χ0v) is 9.92. The van der Waals surface area contributed by atoms with E-state index >= 15 is 0 Å². The molecule has 1 aliphatic carbocycles. The molecule has 0 spiro atoms. The van der Waals surface area contributed by atoms with Crippen molar-refractivity contribution in [3.63, 3.8) is 0 Å². The first kappa shape index (κ1) is 11.7. The maximum atomic E-state index is 12.9. The van der Waals surface area contributed by atoms with Gasteiger partial charge in [0.25, 0.3) is 0 Å². The Kier molecular flexibility index (Phi) is 2.48. The van der Waals surface area contributed by atoms with Crippen LogP contribution in [0.1, 0.15) is 24.8 Å². The van der Waals surface area contributed by atoms with Crippen LogP contribution in [0.2, 0.25) is 0 Å². The Morgan fingerprint density at radius 1 is 1.17 bits per heavy atom. The number of benzene rings is 1. The van der Waals surface area contributed by atoms with Gasteiger partial charge in [0, 0.05) is 0 Å². The first-order valence-electron chi connectivity index (χ1n) is 6.11. The molecule has 18 heavy (non-hydrogen) atoms. The molecule has 1 saturated carbocycles. The zero-order chi connectivity index (χ0) is 12.8. The van der Waals surface area contributed by atoms with Gasteiger partial charge in [0.2, 0.25) is 0 Å². The highest BCUT2D eigenvalue weighted by Gasteiger charge is 2.43. The van der Waals surface area contributed by atoms with Gasteiger partial charge in [-0.2, -0.15) is 0 Å². The quantitative estimate of drug-likeness (QED) is 0.903. The Labute approximate surface area is 104 Å². The van der Waals surface area contributed by atoms with Crippen molar-refractivity contribution < 1.29 is 18.3 Å². The Balaban J connectivity index is 1.80. The molecule has 1 aromatic rings. The van der Waals surface area contributed by atoms with Crippen LogP contribution in [0.15, 0.2) is 18.2 Å². The predicted octanol–water partition coefficient (Wildman–Crippen LogP) is 2.68. The maximum absolute atomic E-state index is 12.9. The minimum atomic E-state index is -3.54. The molecule has 1 aromatic carbocycles. The fourth-order valence-corrected chi connectivity index (χ4v) is 2.67. The molecule has 0 radical (unpaired) electrons. The van der Waals surface area contributed by atoms with Crippen LogP contribution in [0.5, 0.6) is 11.5 Å². The number of rotatable bonds is 3. The number of hydrogen-bond acceptors (Lipinski definition) is 3. The third kappa shape index (κ3) is 1.92. The molecule has 5 heteroatoms. The van der Waals surface area contributed by atoms with E-state index in [0.717, 1.165) is 24.8 Å². The third-order valence-corrected chi connectivity index (χ3v) is 3.89. The summed E-state index contributed by atoms with van der Waals surface area (Å²) in [4.78, 5) is 0. The van der Waals surface area contributed by atoms with Crippen molar-refractivity contribution in [2.24, 2.45) is 11.1 Å². The van der Waals surface area contributed by atoms with Gasteiger partial charge < -0.3 is 15.2 Å². The molecular weight excluding hydrogens is 240 g/mol. The molecule has 0 aromatic heterocycles. The average molecular weight is 255 g/mol. The summed E-state index contributed by atoms with van der Waals surface area (Å²) < 4.78 is 34.6. The highest BCUT2D eigenvalue weighted by atomic mass is 19.3. The molecule has 0 atom stereocenters. The Bertz CT molecular complexity index is 467. The van der Waals surface area contributed by atoms with Crippen molar-refractivity contribution >= 4 is 0 Å². The molecule has 1 fully saturated rings. The van der Waals surface area contributed by atoms with Gasteiger partial charge in [0.15, 0.2) is 11.5 Å². The standard InChI is InChI=1S/C13H15F2NO2/c14-13(15)17-10-3-2-9(6-11(10)18-13)7-12(8-16)4-1-5-12/h2-3,6H,1,4-5,7-8,16H2. The molecule has 0 bridgehead atoms. The normalized spacial score (nSPS) is 22.6. The maximum Gasteiger partial charge on any atom is 0.586 e. The Hall–Kier alpha value is -1.36. The smallest absolute Gasteiger partial charge is 0.395 e. The van der Waals surface area contributed by atoms with E-state index in [-0.39, 0.29) is 16.9 Å².